The van der Waals surface area contributed by atoms with Crippen LogP contribution in [0.2, 0.25) is 5.02 Å². The molecule has 0 aliphatic heterocycles. The van der Waals surface area contributed by atoms with E-state index in [9.17, 15) is 4.79 Å². The van der Waals surface area contributed by atoms with Gasteiger partial charge in [0.2, 0.25) is 5.58 Å². The summed E-state index contributed by atoms with van der Waals surface area (Å²) in [5, 5.41) is 9.28. The second-order valence-electron chi connectivity index (χ2n) is 4.57. The molecule has 7 heteroatoms. The Morgan fingerprint density at radius 1 is 1.33 bits per heavy atom. The van der Waals surface area contributed by atoms with E-state index in [1.54, 1.807) is 12.1 Å². The molecule has 21 heavy (non-hydrogen) atoms. The van der Waals surface area contributed by atoms with Crippen LogP contribution < -0.4 is 5.56 Å². The van der Waals surface area contributed by atoms with E-state index in [1.165, 1.54) is 4.68 Å². The lowest BCUT2D eigenvalue weighted by Gasteiger charge is -2.06. The Balaban J connectivity index is 2.12. The van der Waals surface area contributed by atoms with Crippen molar-refractivity contribution in [3.63, 3.8) is 0 Å². The van der Waals surface area contributed by atoms with Crippen molar-refractivity contribution < 1.29 is 4.52 Å². The molecule has 0 atom stereocenters. The molecule has 0 bridgehead atoms. The quantitative estimate of drug-likeness (QED) is 0.711. The van der Waals surface area contributed by atoms with Crippen molar-refractivity contribution in [2.75, 3.05) is 0 Å². The first-order valence-electron chi connectivity index (χ1n) is 6.39. The fourth-order valence-corrected chi connectivity index (χ4v) is 2.71. The second-order valence-corrected chi connectivity index (χ2v) is 5.75. The van der Waals surface area contributed by atoms with Crippen LogP contribution in [0.4, 0.5) is 0 Å². The predicted molar refractivity (Wildman–Crippen MR) is 83.7 cm³/mol. The highest BCUT2D eigenvalue weighted by atomic mass is 79.9. The summed E-state index contributed by atoms with van der Waals surface area (Å²) in [6.45, 7) is 2.29. The van der Waals surface area contributed by atoms with E-state index in [0.717, 1.165) is 5.56 Å². The first-order valence-corrected chi connectivity index (χ1v) is 7.56. The number of hydrogen-bond acceptors (Lipinski definition) is 4. The Morgan fingerprint density at radius 2 is 2.05 bits per heavy atom. The molecule has 3 rings (SSSR count). The van der Waals surface area contributed by atoms with Crippen molar-refractivity contribution >= 4 is 38.5 Å². The molecule has 2 heterocycles. The highest BCUT2D eigenvalue weighted by molar-refractivity contribution is 9.10. The summed E-state index contributed by atoms with van der Waals surface area (Å²) in [6, 6.07) is 7.30. The molecule has 0 fully saturated rings. The van der Waals surface area contributed by atoms with Crippen LogP contribution in [0.25, 0.3) is 11.0 Å². The second kappa shape index (κ2) is 5.61. The number of benzene rings is 1. The van der Waals surface area contributed by atoms with Crippen LogP contribution in [-0.4, -0.2) is 14.9 Å². The van der Waals surface area contributed by atoms with Gasteiger partial charge in [-0.15, -0.1) is 0 Å². The van der Waals surface area contributed by atoms with Gasteiger partial charge in [0.15, 0.2) is 4.60 Å². The summed E-state index contributed by atoms with van der Waals surface area (Å²) in [7, 11) is 0. The highest BCUT2D eigenvalue weighted by Crippen LogP contribution is 2.22. The third-order valence-electron chi connectivity index (χ3n) is 3.19. The van der Waals surface area contributed by atoms with Gasteiger partial charge in [-0.05, 0) is 40.0 Å². The van der Waals surface area contributed by atoms with E-state index < -0.39 is 0 Å². The maximum Gasteiger partial charge on any atom is 0.280 e. The number of nitrogens with zero attached hydrogens (tertiary/aromatic N) is 3. The predicted octanol–water partition coefficient (Wildman–Crippen LogP) is 3.41. The lowest BCUT2D eigenvalue weighted by Crippen LogP contribution is -2.24. The van der Waals surface area contributed by atoms with Gasteiger partial charge in [0.1, 0.15) is 5.39 Å². The number of aromatic nitrogens is 3. The van der Waals surface area contributed by atoms with Crippen LogP contribution >= 0.6 is 27.5 Å². The van der Waals surface area contributed by atoms with E-state index >= 15 is 0 Å². The molecule has 108 valence electrons. The first-order chi connectivity index (χ1) is 10.1. The summed E-state index contributed by atoms with van der Waals surface area (Å²) < 4.78 is 7.05. The SMILES string of the molecule is CCc1noc2c(Br)nn(Cc3ccc(Cl)cc3)c(=O)c12. The number of halogens is 2. The Labute approximate surface area is 133 Å². The molecular formula is C14H11BrClN3O2. The molecule has 1 aromatic carbocycles. The van der Waals surface area contributed by atoms with E-state index in [0.29, 0.717) is 39.3 Å². The van der Waals surface area contributed by atoms with Crippen molar-refractivity contribution in [3.8, 4) is 0 Å². The number of aryl methyl sites for hydroxylation is 1. The van der Waals surface area contributed by atoms with Gasteiger partial charge in [-0.3, -0.25) is 4.79 Å². The lowest BCUT2D eigenvalue weighted by molar-refractivity contribution is 0.443. The normalized spacial score (nSPS) is 11.2. The smallest absolute Gasteiger partial charge is 0.280 e. The van der Waals surface area contributed by atoms with Crippen LogP contribution in [0.3, 0.4) is 0 Å². The Bertz CT molecular complexity index is 855. The zero-order chi connectivity index (χ0) is 15.0. The molecule has 0 radical (unpaired) electrons. The van der Waals surface area contributed by atoms with Crippen molar-refractivity contribution in [2.24, 2.45) is 0 Å². The van der Waals surface area contributed by atoms with Crippen LogP contribution in [0, 0.1) is 0 Å². The molecule has 0 amide bonds. The van der Waals surface area contributed by atoms with E-state index in [2.05, 4.69) is 26.2 Å². The minimum absolute atomic E-state index is 0.207. The Kier molecular flexibility index (Phi) is 3.82. The molecule has 2 aromatic heterocycles. The molecule has 0 unspecified atom stereocenters. The molecule has 0 saturated carbocycles. The molecule has 3 aromatic rings. The number of rotatable bonds is 3. The van der Waals surface area contributed by atoms with Gasteiger partial charge in [-0.25, -0.2) is 4.68 Å². The average molecular weight is 369 g/mol. The van der Waals surface area contributed by atoms with Crippen molar-refractivity contribution in [1.82, 2.24) is 14.9 Å². The average Bonchev–Trinajstić information content (AvgIpc) is 2.91. The van der Waals surface area contributed by atoms with Crippen LogP contribution in [0.1, 0.15) is 18.2 Å². The van der Waals surface area contributed by atoms with Crippen molar-refractivity contribution in [1.29, 1.82) is 0 Å². The minimum atomic E-state index is -0.207. The van der Waals surface area contributed by atoms with Crippen molar-refractivity contribution in [2.45, 2.75) is 19.9 Å². The van der Waals surface area contributed by atoms with Gasteiger partial charge >= 0.3 is 0 Å². The van der Waals surface area contributed by atoms with Crippen LogP contribution in [-0.2, 0) is 13.0 Å². The molecule has 5 nitrogen and oxygen atoms in total. The fraction of sp³-hybridized carbons (Fsp3) is 0.214. The fourth-order valence-electron chi connectivity index (χ4n) is 2.12. The monoisotopic (exact) mass is 367 g/mol. The summed E-state index contributed by atoms with van der Waals surface area (Å²) in [6.07, 6.45) is 0.625. The van der Waals surface area contributed by atoms with Crippen molar-refractivity contribution in [3.05, 3.63) is 55.5 Å². The molecule has 0 saturated heterocycles. The standard InChI is InChI=1S/C14H11BrClN3O2/c1-2-10-11-12(21-18-10)13(15)17-19(14(11)20)7-8-3-5-9(16)6-4-8/h3-6H,2,7H2,1H3. The van der Waals surface area contributed by atoms with Gasteiger partial charge in [0.25, 0.3) is 5.56 Å². The maximum absolute atomic E-state index is 12.5. The van der Waals surface area contributed by atoms with Gasteiger partial charge in [0, 0.05) is 5.02 Å². The summed E-state index contributed by atoms with van der Waals surface area (Å²) in [4.78, 5) is 12.5. The summed E-state index contributed by atoms with van der Waals surface area (Å²) >= 11 is 9.19. The minimum Gasteiger partial charge on any atom is -0.353 e. The molecular weight excluding hydrogens is 358 g/mol. The zero-order valence-electron chi connectivity index (χ0n) is 11.1. The summed E-state index contributed by atoms with van der Waals surface area (Å²) in [5.74, 6) is 0. The molecule has 0 N–H and O–H groups in total. The topological polar surface area (TPSA) is 60.9 Å². The maximum atomic E-state index is 12.5. The zero-order valence-corrected chi connectivity index (χ0v) is 13.5. The van der Waals surface area contributed by atoms with Gasteiger partial charge in [0.05, 0.1) is 12.2 Å². The third-order valence-corrected chi connectivity index (χ3v) is 3.96. The van der Waals surface area contributed by atoms with E-state index in [-0.39, 0.29) is 5.56 Å². The van der Waals surface area contributed by atoms with Gasteiger partial charge in [-0.2, -0.15) is 5.10 Å². The number of fused-ring (bicyclic) bond motifs is 1. The summed E-state index contributed by atoms with van der Waals surface area (Å²) in [5.41, 5.74) is 1.77. The van der Waals surface area contributed by atoms with E-state index in [4.69, 9.17) is 16.1 Å². The van der Waals surface area contributed by atoms with Crippen LogP contribution in [0.5, 0.6) is 0 Å². The third kappa shape index (κ3) is 2.61. The van der Waals surface area contributed by atoms with E-state index in [1.807, 2.05) is 19.1 Å². The lowest BCUT2D eigenvalue weighted by atomic mass is 10.2. The number of hydrogen-bond donors (Lipinski definition) is 0. The van der Waals surface area contributed by atoms with Gasteiger partial charge < -0.3 is 4.52 Å². The largest absolute Gasteiger partial charge is 0.353 e. The molecule has 0 aliphatic rings. The highest BCUT2D eigenvalue weighted by Gasteiger charge is 2.17. The molecule has 0 spiro atoms. The Hall–Kier alpha value is -1.66. The van der Waals surface area contributed by atoms with Gasteiger partial charge in [-0.1, -0.05) is 35.8 Å². The first kappa shape index (κ1) is 14.3. The molecule has 0 aliphatic carbocycles. The van der Waals surface area contributed by atoms with Crippen LogP contribution in [0.15, 0.2) is 38.2 Å². The Morgan fingerprint density at radius 3 is 2.71 bits per heavy atom.